The maximum absolute atomic E-state index is 10.2. The molecule has 3 nitrogen and oxygen atoms in total. The number of aliphatic carboxylic acids is 1. The summed E-state index contributed by atoms with van der Waals surface area (Å²) in [4.78, 5) is 12.2. The molecule has 0 amide bonds. The highest BCUT2D eigenvalue weighted by molar-refractivity contribution is 5.79. The van der Waals surface area contributed by atoms with E-state index in [1.165, 1.54) is 0 Å². The summed E-state index contributed by atoms with van der Waals surface area (Å²) in [5.74, 6) is -0.911. The Labute approximate surface area is 83.3 Å². The SMILES string of the molecule is CN(C/C=C/C(=O)O)c1ccccc1. The van der Waals surface area contributed by atoms with E-state index in [9.17, 15) is 4.79 Å². The van der Waals surface area contributed by atoms with E-state index in [1.54, 1.807) is 6.08 Å². The van der Waals surface area contributed by atoms with Crippen LogP contribution in [0.25, 0.3) is 0 Å². The molecule has 0 unspecified atom stereocenters. The molecule has 0 aliphatic rings. The van der Waals surface area contributed by atoms with Gasteiger partial charge in [-0.25, -0.2) is 4.79 Å². The molecular formula is C11H13NO2. The van der Waals surface area contributed by atoms with Gasteiger partial charge in [0.1, 0.15) is 0 Å². The van der Waals surface area contributed by atoms with Crippen LogP contribution in [0.15, 0.2) is 42.5 Å². The lowest BCUT2D eigenvalue weighted by Crippen LogP contribution is -2.16. The Morgan fingerprint density at radius 2 is 2.07 bits per heavy atom. The molecule has 0 aliphatic carbocycles. The van der Waals surface area contributed by atoms with E-state index in [2.05, 4.69) is 0 Å². The molecule has 1 N–H and O–H groups in total. The van der Waals surface area contributed by atoms with Crippen LogP contribution in [-0.2, 0) is 4.79 Å². The largest absolute Gasteiger partial charge is 0.478 e. The average Bonchev–Trinajstić information content (AvgIpc) is 2.18. The van der Waals surface area contributed by atoms with Crippen LogP contribution >= 0.6 is 0 Å². The summed E-state index contributed by atoms with van der Waals surface area (Å²) in [5, 5.41) is 8.39. The standard InChI is InChI=1S/C11H13NO2/c1-12(9-5-8-11(13)14)10-6-3-2-4-7-10/h2-8H,9H2,1H3,(H,13,14)/b8-5+. The fraction of sp³-hybridized carbons (Fsp3) is 0.182. The van der Waals surface area contributed by atoms with Crippen molar-refractivity contribution in [2.75, 3.05) is 18.5 Å². The van der Waals surface area contributed by atoms with Crippen LogP contribution < -0.4 is 4.90 Å². The first-order valence-electron chi connectivity index (χ1n) is 4.36. The van der Waals surface area contributed by atoms with Gasteiger partial charge in [-0.3, -0.25) is 0 Å². The Morgan fingerprint density at radius 3 is 2.64 bits per heavy atom. The number of carbonyl (C=O) groups is 1. The molecule has 74 valence electrons. The maximum Gasteiger partial charge on any atom is 0.328 e. The first-order valence-corrected chi connectivity index (χ1v) is 4.36. The molecule has 0 saturated heterocycles. The average molecular weight is 191 g/mol. The quantitative estimate of drug-likeness (QED) is 0.737. The number of carboxylic acids is 1. The monoisotopic (exact) mass is 191 g/mol. The summed E-state index contributed by atoms with van der Waals surface area (Å²) in [6.07, 6.45) is 2.77. The van der Waals surface area contributed by atoms with Gasteiger partial charge >= 0.3 is 5.97 Å². The Kier molecular flexibility index (Phi) is 3.73. The Morgan fingerprint density at radius 1 is 1.43 bits per heavy atom. The number of hydrogen-bond donors (Lipinski definition) is 1. The fourth-order valence-electron chi connectivity index (χ4n) is 1.10. The van der Waals surface area contributed by atoms with Gasteiger partial charge in [-0.05, 0) is 12.1 Å². The first kappa shape index (κ1) is 10.3. The number of carboxylic acid groups (broad SMARTS) is 1. The molecule has 1 rings (SSSR count). The van der Waals surface area contributed by atoms with Crippen molar-refractivity contribution in [2.24, 2.45) is 0 Å². The third kappa shape index (κ3) is 3.31. The van der Waals surface area contributed by atoms with Gasteiger partial charge in [0.05, 0.1) is 0 Å². The van der Waals surface area contributed by atoms with E-state index < -0.39 is 5.97 Å². The van der Waals surface area contributed by atoms with Crippen molar-refractivity contribution in [3.63, 3.8) is 0 Å². The first-order chi connectivity index (χ1) is 6.70. The van der Waals surface area contributed by atoms with Crippen molar-refractivity contribution in [1.29, 1.82) is 0 Å². The summed E-state index contributed by atoms with van der Waals surface area (Å²) in [6, 6.07) is 9.81. The molecule has 0 saturated carbocycles. The van der Waals surface area contributed by atoms with Gasteiger partial charge in [0.2, 0.25) is 0 Å². The highest BCUT2D eigenvalue weighted by atomic mass is 16.4. The molecule has 1 aromatic carbocycles. The summed E-state index contributed by atoms with van der Waals surface area (Å²) in [6.45, 7) is 0.594. The van der Waals surface area contributed by atoms with Crippen molar-refractivity contribution >= 4 is 11.7 Å². The van der Waals surface area contributed by atoms with Gasteiger partial charge in [0.25, 0.3) is 0 Å². The number of para-hydroxylation sites is 1. The van der Waals surface area contributed by atoms with Crippen LogP contribution in [0.5, 0.6) is 0 Å². The number of hydrogen-bond acceptors (Lipinski definition) is 2. The number of anilines is 1. The normalized spacial score (nSPS) is 10.4. The topological polar surface area (TPSA) is 40.5 Å². The zero-order valence-corrected chi connectivity index (χ0v) is 8.05. The molecule has 0 fully saturated rings. The van der Waals surface area contributed by atoms with Crippen molar-refractivity contribution in [3.05, 3.63) is 42.5 Å². The summed E-state index contributed by atoms with van der Waals surface area (Å²) >= 11 is 0. The number of rotatable bonds is 4. The number of benzene rings is 1. The van der Waals surface area contributed by atoms with E-state index in [0.717, 1.165) is 11.8 Å². The van der Waals surface area contributed by atoms with Crippen LogP contribution in [-0.4, -0.2) is 24.7 Å². The van der Waals surface area contributed by atoms with Crippen molar-refractivity contribution in [2.45, 2.75) is 0 Å². The van der Waals surface area contributed by atoms with E-state index in [1.807, 2.05) is 42.3 Å². The summed E-state index contributed by atoms with van der Waals surface area (Å²) < 4.78 is 0. The summed E-state index contributed by atoms with van der Waals surface area (Å²) in [7, 11) is 1.92. The molecule has 3 heteroatoms. The highest BCUT2D eigenvalue weighted by Gasteiger charge is 1.96. The second-order valence-corrected chi connectivity index (χ2v) is 2.96. The van der Waals surface area contributed by atoms with Crippen LogP contribution in [0.2, 0.25) is 0 Å². The van der Waals surface area contributed by atoms with Crippen LogP contribution in [0.3, 0.4) is 0 Å². The predicted molar refractivity (Wildman–Crippen MR) is 56.5 cm³/mol. The number of nitrogens with zero attached hydrogens (tertiary/aromatic N) is 1. The Hall–Kier alpha value is -1.77. The Bertz CT molecular complexity index is 319. The van der Waals surface area contributed by atoms with E-state index >= 15 is 0 Å². The molecule has 0 atom stereocenters. The lowest BCUT2D eigenvalue weighted by atomic mass is 10.3. The van der Waals surface area contributed by atoms with E-state index in [-0.39, 0.29) is 0 Å². The van der Waals surface area contributed by atoms with E-state index in [4.69, 9.17) is 5.11 Å². The minimum Gasteiger partial charge on any atom is -0.478 e. The van der Waals surface area contributed by atoms with Crippen molar-refractivity contribution in [1.82, 2.24) is 0 Å². The van der Waals surface area contributed by atoms with Gasteiger partial charge in [-0.1, -0.05) is 24.3 Å². The minimum atomic E-state index is -0.911. The third-order valence-corrected chi connectivity index (χ3v) is 1.84. The smallest absolute Gasteiger partial charge is 0.328 e. The molecule has 0 aromatic heterocycles. The van der Waals surface area contributed by atoms with Gasteiger partial charge in [-0.2, -0.15) is 0 Å². The molecule has 0 spiro atoms. The lowest BCUT2D eigenvalue weighted by Gasteiger charge is -2.16. The van der Waals surface area contributed by atoms with Gasteiger partial charge < -0.3 is 10.0 Å². The van der Waals surface area contributed by atoms with Crippen LogP contribution in [0.1, 0.15) is 0 Å². The predicted octanol–water partition coefficient (Wildman–Crippen LogP) is 1.76. The zero-order chi connectivity index (χ0) is 10.4. The molecule has 0 heterocycles. The molecule has 0 aliphatic heterocycles. The van der Waals surface area contributed by atoms with Crippen LogP contribution in [0, 0.1) is 0 Å². The van der Waals surface area contributed by atoms with Crippen LogP contribution in [0.4, 0.5) is 5.69 Å². The molecule has 14 heavy (non-hydrogen) atoms. The van der Waals surface area contributed by atoms with E-state index in [0.29, 0.717) is 6.54 Å². The Balaban J connectivity index is 2.51. The summed E-state index contributed by atoms with van der Waals surface area (Å²) in [5.41, 5.74) is 1.07. The van der Waals surface area contributed by atoms with Gasteiger partial charge in [-0.15, -0.1) is 0 Å². The van der Waals surface area contributed by atoms with Crippen molar-refractivity contribution < 1.29 is 9.90 Å². The highest BCUT2D eigenvalue weighted by Crippen LogP contribution is 2.09. The van der Waals surface area contributed by atoms with Gasteiger partial charge in [0.15, 0.2) is 0 Å². The van der Waals surface area contributed by atoms with Gasteiger partial charge in [0, 0.05) is 25.4 Å². The fourth-order valence-corrected chi connectivity index (χ4v) is 1.10. The van der Waals surface area contributed by atoms with Crippen molar-refractivity contribution in [3.8, 4) is 0 Å². The molecule has 1 aromatic rings. The number of likely N-dealkylation sites (N-methyl/N-ethyl adjacent to an activating group) is 1. The molecular weight excluding hydrogens is 178 g/mol. The molecule has 0 bridgehead atoms. The lowest BCUT2D eigenvalue weighted by molar-refractivity contribution is -0.131. The third-order valence-electron chi connectivity index (χ3n) is 1.84. The minimum absolute atomic E-state index is 0.594. The maximum atomic E-state index is 10.2. The zero-order valence-electron chi connectivity index (χ0n) is 8.05. The second kappa shape index (κ2) is 5.07. The second-order valence-electron chi connectivity index (χ2n) is 2.96. The molecule has 0 radical (unpaired) electrons.